The first-order chi connectivity index (χ1) is 8.18. The molecule has 1 unspecified atom stereocenters. The first-order valence-electron chi connectivity index (χ1n) is 5.74. The van der Waals surface area contributed by atoms with Gasteiger partial charge in [-0.3, -0.25) is 4.79 Å². The van der Waals surface area contributed by atoms with Gasteiger partial charge in [0.05, 0.1) is 5.92 Å². The van der Waals surface area contributed by atoms with Crippen LogP contribution in [0, 0.1) is 5.92 Å². The number of hydrogen-bond donors (Lipinski definition) is 1. The van der Waals surface area contributed by atoms with Gasteiger partial charge in [0.1, 0.15) is 0 Å². The molecule has 1 atom stereocenters. The highest BCUT2D eigenvalue weighted by molar-refractivity contribution is 6.30. The molecule has 1 N–H and O–H groups in total. The van der Waals surface area contributed by atoms with Gasteiger partial charge >= 0.3 is 5.97 Å². The van der Waals surface area contributed by atoms with Crippen molar-refractivity contribution in [2.75, 3.05) is 13.2 Å². The monoisotopic (exact) mass is 254 g/mol. The highest BCUT2D eigenvalue weighted by Crippen LogP contribution is 2.32. The van der Waals surface area contributed by atoms with Gasteiger partial charge in [-0.15, -0.1) is 0 Å². The van der Waals surface area contributed by atoms with Crippen LogP contribution in [-0.4, -0.2) is 24.3 Å². The molecule has 92 valence electrons. The van der Waals surface area contributed by atoms with Gasteiger partial charge in [0.15, 0.2) is 0 Å². The van der Waals surface area contributed by atoms with Crippen LogP contribution in [-0.2, 0) is 9.53 Å². The second-order valence-electron chi connectivity index (χ2n) is 4.32. The van der Waals surface area contributed by atoms with Crippen LogP contribution in [0.3, 0.4) is 0 Å². The molecule has 0 bridgehead atoms. The summed E-state index contributed by atoms with van der Waals surface area (Å²) < 4.78 is 5.27. The molecule has 4 heteroatoms. The highest BCUT2D eigenvalue weighted by atomic mass is 35.5. The van der Waals surface area contributed by atoms with Crippen LogP contribution in [0.2, 0.25) is 5.02 Å². The van der Waals surface area contributed by atoms with Crippen LogP contribution in [0.25, 0.3) is 0 Å². The predicted molar refractivity (Wildman–Crippen MR) is 65.4 cm³/mol. The Hall–Kier alpha value is -1.06. The van der Waals surface area contributed by atoms with Crippen molar-refractivity contribution in [1.29, 1.82) is 0 Å². The first kappa shape index (κ1) is 12.4. The Bertz CT molecular complexity index is 382. The van der Waals surface area contributed by atoms with Crippen molar-refractivity contribution in [1.82, 2.24) is 0 Å². The third kappa shape index (κ3) is 2.99. The average molecular weight is 255 g/mol. The van der Waals surface area contributed by atoms with Gasteiger partial charge in [-0.05, 0) is 36.5 Å². The predicted octanol–water partition coefficient (Wildman–Crippen LogP) is 2.93. The Morgan fingerprint density at radius 1 is 1.29 bits per heavy atom. The number of rotatable bonds is 3. The fourth-order valence-electron chi connectivity index (χ4n) is 2.34. The maximum atomic E-state index is 11.4. The lowest BCUT2D eigenvalue weighted by atomic mass is 9.81. The van der Waals surface area contributed by atoms with E-state index >= 15 is 0 Å². The summed E-state index contributed by atoms with van der Waals surface area (Å²) in [5.74, 6) is -1.06. The molecule has 0 saturated carbocycles. The van der Waals surface area contributed by atoms with Crippen molar-refractivity contribution in [2.24, 2.45) is 5.92 Å². The van der Waals surface area contributed by atoms with E-state index in [-0.39, 0.29) is 5.92 Å². The highest BCUT2D eigenvalue weighted by Gasteiger charge is 2.30. The van der Waals surface area contributed by atoms with E-state index < -0.39 is 11.9 Å². The average Bonchev–Trinajstić information content (AvgIpc) is 2.33. The second kappa shape index (κ2) is 5.52. The molecule has 0 amide bonds. The van der Waals surface area contributed by atoms with E-state index in [1.165, 1.54) is 0 Å². The van der Waals surface area contributed by atoms with Gasteiger partial charge in [-0.2, -0.15) is 0 Å². The van der Waals surface area contributed by atoms with Gasteiger partial charge < -0.3 is 9.84 Å². The van der Waals surface area contributed by atoms with Crippen LogP contribution in [0.5, 0.6) is 0 Å². The van der Waals surface area contributed by atoms with E-state index in [1.807, 2.05) is 0 Å². The van der Waals surface area contributed by atoms with Gasteiger partial charge in [0.25, 0.3) is 0 Å². The summed E-state index contributed by atoms with van der Waals surface area (Å²) in [6.45, 7) is 1.31. The van der Waals surface area contributed by atoms with Gasteiger partial charge in [-0.1, -0.05) is 23.7 Å². The van der Waals surface area contributed by atoms with Gasteiger partial charge in [0.2, 0.25) is 0 Å². The van der Waals surface area contributed by atoms with E-state index in [4.69, 9.17) is 16.3 Å². The fourth-order valence-corrected chi connectivity index (χ4v) is 2.46. The molecule has 2 rings (SSSR count). The van der Waals surface area contributed by atoms with E-state index in [9.17, 15) is 9.90 Å². The Labute approximate surface area is 105 Å². The third-order valence-corrected chi connectivity index (χ3v) is 3.48. The van der Waals surface area contributed by atoms with Crippen molar-refractivity contribution in [2.45, 2.75) is 18.8 Å². The third-order valence-electron chi connectivity index (χ3n) is 3.23. The van der Waals surface area contributed by atoms with E-state index in [2.05, 4.69) is 0 Å². The molecule has 3 nitrogen and oxygen atoms in total. The molecule has 1 aliphatic rings. The molecule has 1 fully saturated rings. The molecule has 1 aromatic carbocycles. The molecule has 0 radical (unpaired) electrons. The number of halogens is 1. The minimum absolute atomic E-state index is 0.155. The summed E-state index contributed by atoms with van der Waals surface area (Å²) in [4.78, 5) is 11.4. The fraction of sp³-hybridized carbons (Fsp3) is 0.462. The summed E-state index contributed by atoms with van der Waals surface area (Å²) in [6.07, 6.45) is 1.61. The molecular weight excluding hydrogens is 240 g/mol. The Kier molecular flexibility index (Phi) is 4.02. The van der Waals surface area contributed by atoms with Crippen LogP contribution in [0.15, 0.2) is 24.3 Å². The zero-order valence-electron chi connectivity index (χ0n) is 9.43. The number of carboxylic acid groups (broad SMARTS) is 1. The lowest BCUT2D eigenvalue weighted by Crippen LogP contribution is -2.27. The molecule has 1 heterocycles. The number of ether oxygens (including phenoxy) is 1. The van der Waals surface area contributed by atoms with Crippen molar-refractivity contribution >= 4 is 17.6 Å². The molecule has 1 aliphatic heterocycles. The van der Waals surface area contributed by atoms with Crippen LogP contribution in [0.1, 0.15) is 24.3 Å². The normalized spacial score (nSPS) is 18.9. The summed E-state index contributed by atoms with van der Waals surface area (Å²) in [5.41, 5.74) is 0.828. The van der Waals surface area contributed by atoms with Crippen LogP contribution in [0.4, 0.5) is 0 Å². The molecule has 0 spiro atoms. The Balaban J connectivity index is 2.21. The largest absolute Gasteiger partial charge is 0.481 e. The lowest BCUT2D eigenvalue weighted by molar-refractivity contribution is -0.141. The second-order valence-corrected chi connectivity index (χ2v) is 4.75. The number of aliphatic carboxylic acids is 1. The van der Waals surface area contributed by atoms with E-state index in [1.54, 1.807) is 24.3 Å². The SMILES string of the molecule is O=C(O)C(c1ccc(Cl)cc1)C1CCOCC1. The summed E-state index contributed by atoms with van der Waals surface area (Å²) in [5, 5.41) is 10.0. The van der Waals surface area contributed by atoms with E-state index in [0.717, 1.165) is 18.4 Å². The summed E-state index contributed by atoms with van der Waals surface area (Å²) >= 11 is 5.81. The maximum absolute atomic E-state index is 11.4. The molecule has 1 saturated heterocycles. The minimum Gasteiger partial charge on any atom is -0.481 e. The molecule has 17 heavy (non-hydrogen) atoms. The molecule has 0 aromatic heterocycles. The molecule has 0 aliphatic carbocycles. The van der Waals surface area contributed by atoms with Crippen LogP contribution >= 0.6 is 11.6 Å². The number of carbonyl (C=O) groups is 1. The Morgan fingerprint density at radius 3 is 2.41 bits per heavy atom. The van der Waals surface area contributed by atoms with Crippen molar-refractivity contribution < 1.29 is 14.6 Å². The van der Waals surface area contributed by atoms with Crippen molar-refractivity contribution in [3.8, 4) is 0 Å². The van der Waals surface area contributed by atoms with Crippen LogP contribution < -0.4 is 0 Å². The van der Waals surface area contributed by atoms with Gasteiger partial charge in [-0.25, -0.2) is 0 Å². The van der Waals surface area contributed by atoms with Gasteiger partial charge in [0, 0.05) is 18.2 Å². The lowest BCUT2D eigenvalue weighted by Gasteiger charge is -2.27. The molecule has 1 aromatic rings. The van der Waals surface area contributed by atoms with Crippen molar-refractivity contribution in [3.05, 3.63) is 34.9 Å². The quantitative estimate of drug-likeness (QED) is 0.902. The zero-order valence-corrected chi connectivity index (χ0v) is 10.2. The number of benzene rings is 1. The zero-order chi connectivity index (χ0) is 12.3. The first-order valence-corrected chi connectivity index (χ1v) is 6.12. The van der Waals surface area contributed by atoms with E-state index in [0.29, 0.717) is 18.2 Å². The van der Waals surface area contributed by atoms with Crippen molar-refractivity contribution in [3.63, 3.8) is 0 Å². The number of carboxylic acids is 1. The molecular formula is C13H15ClO3. The summed E-state index contributed by atoms with van der Waals surface area (Å²) in [7, 11) is 0. The minimum atomic E-state index is -0.765. The standard InChI is InChI=1S/C13H15ClO3/c14-11-3-1-9(2-4-11)12(13(15)16)10-5-7-17-8-6-10/h1-4,10,12H,5-8H2,(H,15,16). The smallest absolute Gasteiger partial charge is 0.311 e. The maximum Gasteiger partial charge on any atom is 0.311 e. The Morgan fingerprint density at radius 2 is 1.88 bits per heavy atom. The number of hydrogen-bond acceptors (Lipinski definition) is 2. The topological polar surface area (TPSA) is 46.5 Å². The summed E-state index contributed by atoms with van der Waals surface area (Å²) in [6, 6.07) is 7.09.